The number of benzene rings is 1. The highest BCUT2D eigenvalue weighted by Gasteiger charge is 2.51. The first-order valence-corrected chi connectivity index (χ1v) is 10.7. The number of nitrogens with one attached hydrogen (secondary N) is 2. The quantitative estimate of drug-likeness (QED) is 0.426. The molecule has 0 spiro atoms. The molecule has 33 heavy (non-hydrogen) atoms. The summed E-state index contributed by atoms with van der Waals surface area (Å²) in [7, 11) is 0. The largest absolute Gasteiger partial charge is 0.394 e. The summed E-state index contributed by atoms with van der Waals surface area (Å²) in [5, 5.41) is 14.7. The molecule has 0 aliphatic rings. The molecule has 0 bridgehead atoms. The SMILES string of the molecule is CCCNC(=O)C(F)(F)C(O)C(NC(=O)Cn1c(-c2ccccc2)ccc(N)c1=O)C(C)C. The van der Waals surface area contributed by atoms with Crippen LogP contribution in [0.2, 0.25) is 0 Å². The molecule has 2 unspecified atom stereocenters. The molecule has 0 aliphatic heterocycles. The molecule has 5 N–H and O–H groups in total. The van der Waals surface area contributed by atoms with Crippen LogP contribution in [0.5, 0.6) is 0 Å². The Labute approximate surface area is 190 Å². The van der Waals surface area contributed by atoms with Crippen LogP contribution in [0, 0.1) is 5.92 Å². The zero-order valence-corrected chi connectivity index (χ0v) is 18.8. The van der Waals surface area contributed by atoms with Crippen molar-refractivity contribution in [3.05, 3.63) is 52.8 Å². The van der Waals surface area contributed by atoms with Crippen LogP contribution in [0.1, 0.15) is 27.2 Å². The summed E-state index contributed by atoms with van der Waals surface area (Å²) in [5.74, 6) is -7.17. The van der Waals surface area contributed by atoms with Gasteiger partial charge < -0.3 is 21.5 Å². The lowest BCUT2D eigenvalue weighted by Crippen LogP contribution is -2.59. The predicted octanol–water partition coefficient (Wildman–Crippen LogP) is 1.76. The van der Waals surface area contributed by atoms with Gasteiger partial charge >= 0.3 is 5.92 Å². The molecule has 1 heterocycles. The zero-order chi connectivity index (χ0) is 24.8. The molecule has 2 aromatic rings. The number of nitrogens with zero attached hydrogens (tertiary/aromatic N) is 1. The highest BCUT2D eigenvalue weighted by atomic mass is 19.3. The van der Waals surface area contributed by atoms with E-state index in [4.69, 9.17) is 5.73 Å². The number of anilines is 1. The van der Waals surface area contributed by atoms with Crippen LogP contribution in [0.4, 0.5) is 14.5 Å². The van der Waals surface area contributed by atoms with E-state index in [0.717, 1.165) is 4.57 Å². The molecule has 0 fully saturated rings. The molecule has 0 aliphatic carbocycles. The van der Waals surface area contributed by atoms with Crippen LogP contribution < -0.4 is 21.9 Å². The van der Waals surface area contributed by atoms with Gasteiger partial charge in [0.25, 0.3) is 11.5 Å². The fourth-order valence-corrected chi connectivity index (χ4v) is 3.31. The molecule has 1 aromatic heterocycles. The number of aromatic nitrogens is 1. The third kappa shape index (κ3) is 6.16. The smallest absolute Gasteiger partial charge is 0.351 e. The lowest BCUT2D eigenvalue weighted by atomic mass is 9.93. The molecule has 180 valence electrons. The maximum Gasteiger partial charge on any atom is 0.351 e. The highest BCUT2D eigenvalue weighted by molar-refractivity contribution is 5.84. The molecular formula is C23H30F2N4O4. The summed E-state index contributed by atoms with van der Waals surface area (Å²) in [6, 6.07) is 10.4. The van der Waals surface area contributed by atoms with Crippen molar-refractivity contribution >= 4 is 17.5 Å². The Morgan fingerprint density at radius 1 is 1.15 bits per heavy atom. The van der Waals surface area contributed by atoms with E-state index in [-0.39, 0.29) is 12.2 Å². The van der Waals surface area contributed by atoms with Gasteiger partial charge in [0.1, 0.15) is 12.6 Å². The number of pyridine rings is 1. The second kappa shape index (κ2) is 11.0. The van der Waals surface area contributed by atoms with E-state index in [9.17, 15) is 28.3 Å². The molecule has 0 saturated carbocycles. The molecule has 2 atom stereocenters. The topological polar surface area (TPSA) is 126 Å². The lowest BCUT2D eigenvalue weighted by Gasteiger charge is -2.32. The van der Waals surface area contributed by atoms with Crippen molar-refractivity contribution in [2.45, 2.75) is 51.8 Å². The summed E-state index contributed by atoms with van der Waals surface area (Å²) < 4.78 is 30.2. The summed E-state index contributed by atoms with van der Waals surface area (Å²) in [6.45, 7) is 4.26. The average Bonchev–Trinajstić information content (AvgIpc) is 2.78. The Morgan fingerprint density at radius 3 is 2.36 bits per heavy atom. The Kier molecular flexibility index (Phi) is 8.69. The molecule has 0 radical (unpaired) electrons. The van der Waals surface area contributed by atoms with Crippen LogP contribution in [-0.2, 0) is 16.1 Å². The molecule has 8 nitrogen and oxygen atoms in total. The molecule has 0 saturated heterocycles. The fourth-order valence-electron chi connectivity index (χ4n) is 3.31. The minimum Gasteiger partial charge on any atom is -0.394 e. The van der Waals surface area contributed by atoms with Gasteiger partial charge in [0.15, 0.2) is 0 Å². The van der Waals surface area contributed by atoms with E-state index in [1.165, 1.54) is 19.9 Å². The van der Waals surface area contributed by atoms with Gasteiger partial charge in [0.05, 0.1) is 17.4 Å². The van der Waals surface area contributed by atoms with E-state index >= 15 is 0 Å². The molecule has 1 aromatic carbocycles. The normalized spacial score (nSPS) is 13.4. The van der Waals surface area contributed by atoms with Gasteiger partial charge in [-0.05, 0) is 30.0 Å². The molecule has 2 amide bonds. The van der Waals surface area contributed by atoms with Gasteiger partial charge in [-0.3, -0.25) is 19.0 Å². The van der Waals surface area contributed by atoms with Crippen LogP contribution >= 0.6 is 0 Å². The second-order valence-corrected chi connectivity index (χ2v) is 8.09. The average molecular weight is 465 g/mol. The van der Waals surface area contributed by atoms with E-state index in [0.29, 0.717) is 17.7 Å². The zero-order valence-electron chi connectivity index (χ0n) is 18.8. The number of carbonyl (C=O) groups is 2. The molecule has 2 rings (SSSR count). The second-order valence-electron chi connectivity index (χ2n) is 8.09. The number of aliphatic hydroxyl groups is 1. The Balaban J connectivity index is 2.29. The number of rotatable bonds is 10. The third-order valence-corrected chi connectivity index (χ3v) is 5.17. The van der Waals surface area contributed by atoms with Gasteiger partial charge in [-0.1, -0.05) is 51.1 Å². The number of nitrogen functional groups attached to an aromatic ring is 1. The van der Waals surface area contributed by atoms with Crippen molar-refractivity contribution in [2.24, 2.45) is 5.92 Å². The van der Waals surface area contributed by atoms with Gasteiger partial charge in [-0.25, -0.2) is 0 Å². The van der Waals surface area contributed by atoms with Crippen LogP contribution in [0.3, 0.4) is 0 Å². The number of halogens is 2. The van der Waals surface area contributed by atoms with Crippen LogP contribution in [0.15, 0.2) is 47.3 Å². The van der Waals surface area contributed by atoms with Crippen molar-refractivity contribution in [3.8, 4) is 11.3 Å². The number of aliphatic hydroxyl groups excluding tert-OH is 1. The van der Waals surface area contributed by atoms with E-state index in [1.807, 2.05) is 0 Å². The summed E-state index contributed by atoms with van der Waals surface area (Å²) in [4.78, 5) is 37.3. The van der Waals surface area contributed by atoms with Crippen LogP contribution in [0.25, 0.3) is 11.3 Å². The van der Waals surface area contributed by atoms with Crippen molar-refractivity contribution in [1.29, 1.82) is 0 Å². The van der Waals surface area contributed by atoms with Gasteiger partial charge in [0.2, 0.25) is 5.91 Å². The first-order chi connectivity index (χ1) is 15.5. The third-order valence-electron chi connectivity index (χ3n) is 5.17. The van der Waals surface area contributed by atoms with E-state index < -0.39 is 47.9 Å². The van der Waals surface area contributed by atoms with Crippen molar-refractivity contribution in [3.63, 3.8) is 0 Å². The Hall–Kier alpha value is -3.27. The van der Waals surface area contributed by atoms with Gasteiger partial charge in [-0.15, -0.1) is 0 Å². The van der Waals surface area contributed by atoms with Crippen LogP contribution in [-0.4, -0.2) is 46.1 Å². The molecular weight excluding hydrogens is 434 g/mol. The number of carbonyl (C=O) groups excluding carboxylic acids is 2. The number of alkyl halides is 2. The van der Waals surface area contributed by atoms with Gasteiger partial charge in [0, 0.05) is 6.54 Å². The number of amides is 2. The summed E-state index contributed by atoms with van der Waals surface area (Å²) in [6.07, 6.45) is -2.02. The van der Waals surface area contributed by atoms with Gasteiger partial charge in [-0.2, -0.15) is 8.78 Å². The van der Waals surface area contributed by atoms with E-state index in [2.05, 4.69) is 10.6 Å². The minimum atomic E-state index is -4.12. The highest BCUT2D eigenvalue weighted by Crippen LogP contribution is 2.25. The van der Waals surface area contributed by atoms with E-state index in [1.54, 1.807) is 43.3 Å². The molecule has 10 heteroatoms. The first-order valence-electron chi connectivity index (χ1n) is 10.7. The Bertz CT molecular complexity index is 1020. The number of hydrogen-bond donors (Lipinski definition) is 4. The Morgan fingerprint density at radius 2 is 1.79 bits per heavy atom. The van der Waals surface area contributed by atoms with Crippen molar-refractivity contribution < 1.29 is 23.5 Å². The predicted molar refractivity (Wildman–Crippen MR) is 122 cm³/mol. The lowest BCUT2D eigenvalue weighted by molar-refractivity contribution is -0.169. The number of nitrogens with two attached hydrogens (primary N) is 1. The minimum absolute atomic E-state index is 0.0282. The van der Waals surface area contributed by atoms with Crippen molar-refractivity contribution in [1.82, 2.24) is 15.2 Å². The maximum absolute atomic E-state index is 14.5. The standard InChI is InChI=1S/C23H30F2N4O4/c1-4-12-27-22(33)23(24,25)20(31)19(14(2)3)28-18(30)13-29-17(11-10-16(26)21(29)32)15-8-6-5-7-9-15/h5-11,14,19-20,31H,4,12-13,26H2,1-3H3,(H,27,33)(H,28,30). The number of hydrogen-bond acceptors (Lipinski definition) is 5. The summed E-state index contributed by atoms with van der Waals surface area (Å²) >= 11 is 0. The first kappa shape index (κ1) is 26.0. The monoisotopic (exact) mass is 464 g/mol. The fraction of sp³-hybridized carbons (Fsp3) is 0.435. The summed E-state index contributed by atoms with van der Waals surface area (Å²) in [5.41, 5.74) is 6.10. The maximum atomic E-state index is 14.5. The van der Waals surface area contributed by atoms with Crippen molar-refractivity contribution in [2.75, 3.05) is 12.3 Å².